The van der Waals surface area contributed by atoms with Gasteiger partial charge in [-0.1, -0.05) is 37.1 Å². The Hall–Kier alpha value is -5.64. The molecule has 3 N–H and O–H groups in total. The van der Waals surface area contributed by atoms with Crippen molar-refractivity contribution >= 4 is 55.9 Å². The van der Waals surface area contributed by atoms with Crippen LogP contribution in [0.2, 0.25) is 0 Å². The van der Waals surface area contributed by atoms with E-state index in [1.807, 2.05) is 74.5 Å². The SMILES string of the molecule is CC(C)Oc1ccc(-c2cc(O[C@@H]3C[C@H]4C(=O)N[C@]5(C(=O)NS(=O)(=O)C6(C)CC6)C[C@H]5C=CCCCCC[C@H](NC(=O)OC5CCCC5)C(=O)N4C3)c3oc4ccccc4c3n2)cc1. The first-order chi connectivity index (χ1) is 30.7. The zero-order valence-electron chi connectivity index (χ0n) is 36.6. The molecule has 2 aromatic carbocycles. The summed E-state index contributed by atoms with van der Waals surface area (Å²) in [6, 6.07) is 14.8. The van der Waals surface area contributed by atoms with E-state index in [-0.39, 0.29) is 31.6 Å². The Labute approximate surface area is 373 Å². The van der Waals surface area contributed by atoms with Crippen LogP contribution in [0.15, 0.2) is 71.2 Å². The maximum Gasteiger partial charge on any atom is 0.408 e. The Kier molecular flexibility index (Phi) is 11.8. The lowest BCUT2D eigenvalue weighted by molar-refractivity contribution is -0.141. The van der Waals surface area contributed by atoms with Gasteiger partial charge in [0.1, 0.15) is 46.7 Å². The molecule has 4 heterocycles. The van der Waals surface area contributed by atoms with E-state index < -0.39 is 68.2 Å². The summed E-state index contributed by atoms with van der Waals surface area (Å²) in [6.07, 6.45) is 9.89. The van der Waals surface area contributed by atoms with E-state index in [4.69, 9.17) is 23.6 Å². The molecule has 5 aliphatic rings. The lowest BCUT2D eigenvalue weighted by atomic mass is 10.0. The molecule has 16 heteroatoms. The number of benzene rings is 2. The van der Waals surface area contributed by atoms with Gasteiger partial charge >= 0.3 is 6.09 Å². The minimum absolute atomic E-state index is 0.00122. The van der Waals surface area contributed by atoms with Crippen molar-refractivity contribution in [2.75, 3.05) is 6.54 Å². The number of nitrogens with one attached hydrogen (secondary N) is 3. The molecule has 2 aromatic heterocycles. The molecule has 0 radical (unpaired) electrons. The fourth-order valence-corrected chi connectivity index (χ4v) is 10.6. The van der Waals surface area contributed by atoms with Gasteiger partial charge in [-0.05, 0) is 121 Å². The second kappa shape index (κ2) is 17.4. The molecule has 340 valence electrons. The fourth-order valence-electron chi connectivity index (χ4n) is 9.32. The van der Waals surface area contributed by atoms with Crippen LogP contribution in [0.25, 0.3) is 33.3 Å². The van der Waals surface area contributed by atoms with E-state index >= 15 is 0 Å². The molecule has 15 nitrogen and oxygen atoms in total. The Balaban J connectivity index is 1.05. The van der Waals surface area contributed by atoms with Crippen molar-refractivity contribution < 1.29 is 46.2 Å². The highest BCUT2D eigenvalue weighted by Gasteiger charge is 2.63. The minimum atomic E-state index is -4.02. The summed E-state index contributed by atoms with van der Waals surface area (Å²) in [4.78, 5) is 63.4. The number of furan rings is 1. The molecule has 9 rings (SSSR count). The molecule has 64 heavy (non-hydrogen) atoms. The number of amides is 4. The van der Waals surface area contributed by atoms with Gasteiger partial charge in [-0.2, -0.15) is 0 Å². The number of hydrogen-bond donors (Lipinski definition) is 3. The largest absolute Gasteiger partial charge is 0.491 e. The lowest BCUT2D eigenvalue weighted by Gasteiger charge is -2.30. The van der Waals surface area contributed by atoms with Gasteiger partial charge in [0.25, 0.3) is 5.91 Å². The minimum Gasteiger partial charge on any atom is -0.491 e. The molecule has 5 atom stereocenters. The summed E-state index contributed by atoms with van der Waals surface area (Å²) in [5.41, 5.74) is 1.44. The summed E-state index contributed by atoms with van der Waals surface area (Å²) in [7, 11) is -4.02. The number of hydrogen-bond acceptors (Lipinski definition) is 11. The van der Waals surface area contributed by atoms with Crippen molar-refractivity contribution in [2.45, 2.75) is 145 Å². The molecule has 0 unspecified atom stereocenters. The van der Waals surface area contributed by atoms with Crippen LogP contribution >= 0.6 is 0 Å². The quantitative estimate of drug-likeness (QED) is 0.136. The molecule has 3 saturated carbocycles. The summed E-state index contributed by atoms with van der Waals surface area (Å²) in [5, 5.41) is 6.57. The normalized spacial score (nSPS) is 26.1. The number of alkyl carbamates (subject to hydrolysis) is 1. The van der Waals surface area contributed by atoms with Gasteiger partial charge in [0.05, 0.1) is 23.1 Å². The van der Waals surface area contributed by atoms with Crippen LogP contribution in [0.1, 0.15) is 104 Å². The average molecular weight is 896 g/mol. The summed E-state index contributed by atoms with van der Waals surface area (Å²) >= 11 is 0. The van der Waals surface area contributed by atoms with E-state index in [1.54, 1.807) is 13.0 Å². The maximum absolute atomic E-state index is 14.9. The third-order valence-electron chi connectivity index (χ3n) is 13.5. The molecular formula is C48H57N5O10S. The first-order valence-electron chi connectivity index (χ1n) is 22.8. The summed E-state index contributed by atoms with van der Waals surface area (Å²) < 4.78 is 52.6. The van der Waals surface area contributed by atoms with Crippen LogP contribution in [0, 0.1) is 5.92 Å². The number of fused-ring (bicyclic) bond motifs is 5. The Bertz CT molecular complexity index is 2580. The van der Waals surface area contributed by atoms with Gasteiger partial charge in [0.15, 0.2) is 11.3 Å². The summed E-state index contributed by atoms with van der Waals surface area (Å²) in [5.74, 6) is -1.29. The number of carbonyl (C=O) groups excluding carboxylic acids is 4. The number of carbonyl (C=O) groups is 4. The first-order valence-corrected chi connectivity index (χ1v) is 24.3. The highest BCUT2D eigenvalue weighted by Crippen LogP contribution is 2.48. The van der Waals surface area contributed by atoms with Crippen LogP contribution in [-0.4, -0.2) is 89.3 Å². The zero-order chi connectivity index (χ0) is 44.8. The lowest BCUT2D eigenvalue weighted by Crippen LogP contribution is -2.58. The number of allylic oxidation sites excluding steroid dienone is 1. The number of para-hydroxylation sites is 1. The van der Waals surface area contributed by atoms with Gasteiger partial charge in [0, 0.05) is 29.4 Å². The maximum atomic E-state index is 14.9. The van der Waals surface area contributed by atoms with Crippen molar-refractivity contribution in [2.24, 2.45) is 5.92 Å². The topological polar surface area (TPSA) is 195 Å². The summed E-state index contributed by atoms with van der Waals surface area (Å²) in [6.45, 7) is 5.48. The van der Waals surface area contributed by atoms with Crippen LogP contribution in [-0.2, 0) is 29.1 Å². The van der Waals surface area contributed by atoms with Crippen molar-refractivity contribution in [3.8, 4) is 22.8 Å². The second-order valence-electron chi connectivity index (χ2n) is 18.7. The van der Waals surface area contributed by atoms with Crippen molar-refractivity contribution in [1.29, 1.82) is 0 Å². The average Bonchev–Trinajstić information content (AvgIpc) is 3.92. The van der Waals surface area contributed by atoms with Gasteiger partial charge in [0.2, 0.25) is 21.8 Å². The molecule has 3 aliphatic carbocycles. The number of rotatable bonds is 10. The van der Waals surface area contributed by atoms with Crippen molar-refractivity contribution in [1.82, 2.24) is 25.2 Å². The van der Waals surface area contributed by atoms with Crippen molar-refractivity contribution in [3.05, 3.63) is 66.7 Å². The van der Waals surface area contributed by atoms with Gasteiger partial charge in [-0.15, -0.1) is 0 Å². The first kappa shape index (κ1) is 43.6. The predicted octanol–water partition coefficient (Wildman–Crippen LogP) is 7.21. The molecule has 0 bridgehead atoms. The third kappa shape index (κ3) is 8.89. The molecular weight excluding hydrogens is 839 g/mol. The third-order valence-corrected chi connectivity index (χ3v) is 15.6. The van der Waals surface area contributed by atoms with E-state index in [0.717, 1.165) is 49.5 Å². The van der Waals surface area contributed by atoms with Crippen LogP contribution in [0.4, 0.5) is 4.79 Å². The number of nitrogens with zero attached hydrogens (tertiary/aromatic N) is 2. The second-order valence-corrected chi connectivity index (χ2v) is 20.9. The van der Waals surface area contributed by atoms with Crippen LogP contribution in [0.5, 0.6) is 11.5 Å². The fraction of sp³-hybridized carbons (Fsp3) is 0.521. The zero-order valence-corrected chi connectivity index (χ0v) is 37.4. The monoisotopic (exact) mass is 895 g/mol. The standard InChI is InChI=1S/C48H57N5O10S/c1-29(2)60-33-21-19-30(20-22-33)37-26-40(42-41(49-37)35-16-11-12-18-39(35)63-42)61-34-25-38-43(54)51-48(45(56)52-64(58,59)47(3)23-24-47)27-31(48)13-7-5-4-6-8-17-36(44(55)53(38)28-34)50-46(57)62-32-14-9-10-15-32/h7,11-13,16,18-22,26,29,31-32,34,36,38H,4-6,8-10,14-15,17,23-25,27-28H2,1-3H3,(H,50,57)(H,51,54)(H,52,56)/t31-,34-,36+,38+,48-/m1/s1. The molecule has 2 aliphatic heterocycles. The number of pyridine rings is 1. The Morgan fingerprint density at radius 3 is 2.47 bits per heavy atom. The van der Waals surface area contributed by atoms with Crippen LogP contribution < -0.4 is 24.8 Å². The molecule has 0 spiro atoms. The highest BCUT2D eigenvalue weighted by atomic mass is 32.2. The predicted molar refractivity (Wildman–Crippen MR) is 239 cm³/mol. The molecule has 4 fully saturated rings. The highest BCUT2D eigenvalue weighted by molar-refractivity contribution is 7.91. The molecule has 4 aromatic rings. The molecule has 1 saturated heterocycles. The number of sulfonamides is 1. The van der Waals surface area contributed by atoms with Crippen molar-refractivity contribution in [3.63, 3.8) is 0 Å². The Morgan fingerprint density at radius 2 is 1.72 bits per heavy atom. The smallest absolute Gasteiger partial charge is 0.408 e. The van der Waals surface area contributed by atoms with E-state index in [9.17, 15) is 27.6 Å². The van der Waals surface area contributed by atoms with Gasteiger partial charge in [-0.3, -0.25) is 19.1 Å². The van der Waals surface area contributed by atoms with E-state index in [0.29, 0.717) is 66.0 Å². The van der Waals surface area contributed by atoms with Gasteiger partial charge in [-0.25, -0.2) is 18.2 Å². The number of ether oxygens (including phenoxy) is 3. The van der Waals surface area contributed by atoms with E-state index in [2.05, 4.69) is 15.4 Å². The number of aromatic nitrogens is 1. The van der Waals surface area contributed by atoms with Gasteiger partial charge < -0.3 is 34.2 Å². The van der Waals surface area contributed by atoms with Crippen LogP contribution in [0.3, 0.4) is 0 Å². The Morgan fingerprint density at radius 1 is 0.969 bits per heavy atom. The van der Waals surface area contributed by atoms with E-state index in [1.165, 1.54) is 4.90 Å². The molecule has 4 amide bonds.